The van der Waals surface area contributed by atoms with Crippen molar-refractivity contribution >= 4 is 11.8 Å². The smallest absolute Gasteiger partial charge is 0.276 e. The minimum Gasteiger partial charge on any atom is -0.468 e. The number of hydrogen-bond acceptors (Lipinski definition) is 8. The van der Waals surface area contributed by atoms with Gasteiger partial charge in [-0.1, -0.05) is 5.21 Å². The predicted molar refractivity (Wildman–Crippen MR) is 112 cm³/mol. The first-order valence-corrected chi connectivity index (χ1v) is 11.3. The number of nitrogens with one attached hydrogen (secondary N) is 2. The lowest BCUT2D eigenvalue weighted by Gasteiger charge is -2.34. The van der Waals surface area contributed by atoms with Crippen LogP contribution in [0.5, 0.6) is 0 Å². The zero-order chi connectivity index (χ0) is 21.9. The molecule has 5 rings (SSSR count). The number of likely N-dealkylation sites (tertiary alicyclic amines) is 1. The summed E-state index contributed by atoms with van der Waals surface area (Å²) in [6, 6.07) is 3.50. The fraction of sp³-hybridized carbons (Fsp3) is 0.619. The number of carbonyl (C=O) groups excluding carboxylic acids is 2. The van der Waals surface area contributed by atoms with Crippen LogP contribution in [0.25, 0.3) is 0 Å². The molecule has 0 bridgehead atoms. The highest BCUT2D eigenvalue weighted by atomic mass is 16.5. The van der Waals surface area contributed by atoms with Gasteiger partial charge in [0.05, 0.1) is 31.7 Å². The number of carbonyl (C=O) groups is 2. The van der Waals surface area contributed by atoms with E-state index in [2.05, 4.69) is 21.2 Å². The summed E-state index contributed by atoms with van der Waals surface area (Å²) in [5.41, 5.74) is 6.65. The van der Waals surface area contributed by atoms with Crippen LogP contribution in [0.1, 0.15) is 41.6 Å². The van der Waals surface area contributed by atoms with Crippen molar-refractivity contribution in [3.8, 4) is 0 Å². The van der Waals surface area contributed by atoms with Crippen molar-refractivity contribution in [2.75, 3.05) is 39.4 Å². The summed E-state index contributed by atoms with van der Waals surface area (Å²) in [5, 5.41) is 8.24. The monoisotopic (exact) mass is 443 g/mol. The van der Waals surface area contributed by atoms with Crippen molar-refractivity contribution in [2.24, 2.45) is 5.92 Å². The molecule has 11 heteroatoms. The number of ether oxygens (including phenoxy) is 1. The van der Waals surface area contributed by atoms with Crippen LogP contribution >= 0.6 is 0 Å². The van der Waals surface area contributed by atoms with Gasteiger partial charge < -0.3 is 19.0 Å². The first-order valence-electron chi connectivity index (χ1n) is 11.3. The molecular weight excluding hydrogens is 414 g/mol. The molecule has 2 aromatic rings. The maximum atomic E-state index is 13.1. The molecule has 3 aliphatic heterocycles. The average Bonchev–Trinajstić information content (AvgIpc) is 3.60. The largest absolute Gasteiger partial charge is 0.468 e. The van der Waals surface area contributed by atoms with Gasteiger partial charge in [0, 0.05) is 32.7 Å². The van der Waals surface area contributed by atoms with E-state index in [1.807, 2.05) is 17.0 Å². The van der Waals surface area contributed by atoms with Gasteiger partial charge in [0.25, 0.3) is 5.91 Å². The Balaban J connectivity index is 1.15. The van der Waals surface area contributed by atoms with E-state index >= 15 is 0 Å². The Kier molecular flexibility index (Phi) is 6.19. The summed E-state index contributed by atoms with van der Waals surface area (Å²) in [6.07, 6.45) is 5.98. The maximum Gasteiger partial charge on any atom is 0.276 e. The highest BCUT2D eigenvalue weighted by Gasteiger charge is 2.35. The number of hydrazine groups is 1. The van der Waals surface area contributed by atoms with Crippen LogP contribution in [-0.4, -0.2) is 82.0 Å². The van der Waals surface area contributed by atoms with E-state index in [1.54, 1.807) is 22.0 Å². The summed E-state index contributed by atoms with van der Waals surface area (Å²) in [7, 11) is 0. The zero-order valence-corrected chi connectivity index (χ0v) is 18.0. The molecule has 0 radical (unpaired) electrons. The molecule has 3 fully saturated rings. The number of hydrogen-bond donors (Lipinski definition) is 2. The van der Waals surface area contributed by atoms with Crippen LogP contribution in [0.3, 0.4) is 0 Å². The molecule has 2 amide bonds. The van der Waals surface area contributed by atoms with Gasteiger partial charge in [-0.2, -0.15) is 0 Å². The molecule has 0 aromatic carbocycles. The number of morpholine rings is 1. The van der Waals surface area contributed by atoms with Crippen LogP contribution in [-0.2, 0) is 16.1 Å². The van der Waals surface area contributed by atoms with Gasteiger partial charge in [-0.25, -0.2) is 10.9 Å². The second-order valence-corrected chi connectivity index (χ2v) is 8.67. The molecule has 172 valence electrons. The predicted octanol–water partition coefficient (Wildman–Crippen LogP) is 0.190. The topological polar surface area (TPSA) is 118 Å². The Hall–Kier alpha value is -2.76. The maximum absolute atomic E-state index is 13.1. The van der Waals surface area contributed by atoms with E-state index in [0.717, 1.165) is 25.1 Å². The van der Waals surface area contributed by atoms with Gasteiger partial charge in [0.1, 0.15) is 11.8 Å². The number of amides is 2. The molecule has 0 aliphatic carbocycles. The van der Waals surface area contributed by atoms with Gasteiger partial charge in [-0.15, -0.1) is 5.10 Å². The Labute approximate surface area is 186 Å². The lowest BCUT2D eigenvalue weighted by atomic mass is 9.97. The molecule has 0 saturated carbocycles. The fourth-order valence-corrected chi connectivity index (χ4v) is 4.71. The first-order chi connectivity index (χ1) is 15.7. The summed E-state index contributed by atoms with van der Waals surface area (Å²) in [4.78, 5) is 29.4. The highest BCUT2D eigenvalue weighted by molar-refractivity contribution is 5.92. The van der Waals surface area contributed by atoms with Crippen LogP contribution in [0.2, 0.25) is 0 Å². The number of nitrogens with zero attached hydrogens (tertiary/aromatic N) is 5. The quantitative estimate of drug-likeness (QED) is 0.673. The van der Waals surface area contributed by atoms with E-state index in [-0.39, 0.29) is 29.8 Å². The van der Waals surface area contributed by atoms with Crippen molar-refractivity contribution in [1.29, 1.82) is 0 Å². The van der Waals surface area contributed by atoms with E-state index in [1.165, 1.54) is 0 Å². The Morgan fingerprint density at radius 3 is 2.84 bits per heavy atom. The number of furan rings is 1. The molecule has 3 saturated heterocycles. The van der Waals surface area contributed by atoms with Crippen LogP contribution in [0.15, 0.2) is 29.0 Å². The lowest BCUT2D eigenvalue weighted by molar-refractivity contribution is -0.135. The van der Waals surface area contributed by atoms with Crippen molar-refractivity contribution in [1.82, 2.24) is 35.6 Å². The molecule has 32 heavy (non-hydrogen) atoms. The second-order valence-electron chi connectivity index (χ2n) is 8.67. The molecular formula is C21H29N7O4. The Bertz CT molecular complexity index is 924. The molecule has 5 heterocycles. The van der Waals surface area contributed by atoms with Crippen LogP contribution in [0.4, 0.5) is 0 Å². The number of rotatable bonds is 5. The van der Waals surface area contributed by atoms with Gasteiger partial charge >= 0.3 is 0 Å². The summed E-state index contributed by atoms with van der Waals surface area (Å²) in [5.74, 6) is 1.11. The third-order valence-corrected chi connectivity index (χ3v) is 6.42. The third-order valence-electron chi connectivity index (χ3n) is 6.42. The molecule has 2 N–H and O–H groups in total. The Morgan fingerprint density at radius 1 is 1.16 bits per heavy atom. The first kappa shape index (κ1) is 21.1. The fourth-order valence-electron chi connectivity index (χ4n) is 4.71. The molecule has 3 aliphatic rings. The van der Waals surface area contributed by atoms with Crippen molar-refractivity contribution < 1.29 is 18.7 Å². The van der Waals surface area contributed by atoms with Crippen LogP contribution in [0, 0.1) is 5.92 Å². The standard InChI is InChI=1S/C21H29N7O4/c29-20(17-11-16(22-23-17)19-4-2-8-32-19)27-5-1-3-15(12-27)13-28-14-18(24-25-28)21(30)26-6-9-31-10-7-26/h2,4,8,14-17,22-23H,1,3,5-7,9-13H2/t15-,16?,17?/m1/s1. The number of aromatic nitrogens is 3. The highest BCUT2D eigenvalue weighted by Crippen LogP contribution is 2.25. The average molecular weight is 444 g/mol. The summed E-state index contributed by atoms with van der Waals surface area (Å²) in [6.45, 7) is 4.34. The third kappa shape index (κ3) is 4.54. The summed E-state index contributed by atoms with van der Waals surface area (Å²) >= 11 is 0. The zero-order valence-electron chi connectivity index (χ0n) is 18.0. The van der Waals surface area contributed by atoms with Gasteiger partial charge in [0.2, 0.25) is 5.91 Å². The normalized spacial score (nSPS) is 26.4. The molecule has 11 nitrogen and oxygen atoms in total. The van der Waals surface area contributed by atoms with Crippen molar-refractivity contribution in [3.63, 3.8) is 0 Å². The number of piperidine rings is 1. The Morgan fingerprint density at radius 2 is 2.03 bits per heavy atom. The molecule has 2 unspecified atom stereocenters. The lowest BCUT2D eigenvalue weighted by Crippen LogP contribution is -2.49. The molecule has 3 atom stereocenters. The van der Waals surface area contributed by atoms with Crippen molar-refractivity contribution in [2.45, 2.75) is 37.9 Å². The van der Waals surface area contributed by atoms with Gasteiger partial charge in [-0.05, 0) is 37.3 Å². The minimum atomic E-state index is -0.270. The second kappa shape index (κ2) is 9.39. The molecule has 2 aromatic heterocycles. The van der Waals surface area contributed by atoms with E-state index in [4.69, 9.17) is 9.15 Å². The van der Waals surface area contributed by atoms with E-state index in [9.17, 15) is 9.59 Å². The molecule has 0 spiro atoms. The van der Waals surface area contributed by atoms with Gasteiger partial charge in [0.15, 0.2) is 5.69 Å². The SMILES string of the molecule is O=C(c1cn(C[C@@H]2CCCN(C(=O)C3CC(c4ccco4)NN3)C2)nn1)N1CCOCC1. The summed E-state index contributed by atoms with van der Waals surface area (Å²) < 4.78 is 12.5. The van der Waals surface area contributed by atoms with Gasteiger partial charge in [-0.3, -0.25) is 14.3 Å². The van der Waals surface area contributed by atoms with Crippen LogP contribution < -0.4 is 10.9 Å². The van der Waals surface area contributed by atoms with E-state index < -0.39 is 0 Å². The minimum absolute atomic E-state index is 0.00268. The van der Waals surface area contributed by atoms with Crippen molar-refractivity contribution in [3.05, 3.63) is 36.0 Å². The van der Waals surface area contributed by atoms with E-state index in [0.29, 0.717) is 51.5 Å².